The van der Waals surface area contributed by atoms with Crippen LogP contribution in [0.2, 0.25) is 0 Å². The Morgan fingerprint density at radius 3 is 1.94 bits per heavy atom. The van der Waals surface area contributed by atoms with Crippen molar-refractivity contribution >= 4 is 17.9 Å². The van der Waals surface area contributed by atoms with Crippen LogP contribution in [0, 0.1) is 5.92 Å². The van der Waals surface area contributed by atoms with Crippen LogP contribution in [-0.4, -0.2) is 51.5 Å². The van der Waals surface area contributed by atoms with Gasteiger partial charge < -0.3 is 24.6 Å². The van der Waals surface area contributed by atoms with Crippen LogP contribution in [0.3, 0.4) is 0 Å². The molecule has 8 rings (SSSR count). The molecule has 10 nitrogen and oxygen atoms in total. The molecule has 2 N–H and O–H groups in total. The monoisotopic (exact) mass is 829 g/mol. The van der Waals surface area contributed by atoms with E-state index in [4.69, 9.17) is 14.2 Å². The van der Waals surface area contributed by atoms with E-state index in [0.717, 1.165) is 52.0 Å². The molecule has 6 aromatic carbocycles. The summed E-state index contributed by atoms with van der Waals surface area (Å²) in [5.41, 5.74) is 8.56. The first-order valence-electron chi connectivity index (χ1n) is 21.1. The molecule has 0 aromatic heterocycles. The second-order valence-corrected chi connectivity index (χ2v) is 16.1. The summed E-state index contributed by atoms with van der Waals surface area (Å²) in [6, 6.07) is 53.0. The minimum atomic E-state index is -0.993. The van der Waals surface area contributed by atoms with E-state index >= 15 is 0 Å². The van der Waals surface area contributed by atoms with Crippen molar-refractivity contribution in [2.24, 2.45) is 5.92 Å². The molecule has 0 radical (unpaired) electrons. The fraction of sp³-hybridized carbons (Fsp3) is 0.250. The van der Waals surface area contributed by atoms with Gasteiger partial charge in [-0.05, 0) is 56.6 Å². The van der Waals surface area contributed by atoms with Crippen molar-refractivity contribution in [3.8, 4) is 11.1 Å². The molecule has 1 unspecified atom stereocenters. The van der Waals surface area contributed by atoms with Gasteiger partial charge in [0.15, 0.2) is 6.29 Å². The molecule has 2 aliphatic heterocycles. The first kappa shape index (κ1) is 42.3. The number of benzene rings is 6. The van der Waals surface area contributed by atoms with E-state index in [0.29, 0.717) is 6.54 Å². The van der Waals surface area contributed by atoms with Crippen LogP contribution >= 0.6 is 0 Å². The lowest BCUT2D eigenvalue weighted by molar-refractivity contribution is -0.276. The molecule has 6 aromatic rings. The van der Waals surface area contributed by atoms with Crippen molar-refractivity contribution in [2.75, 3.05) is 6.54 Å². The predicted octanol–water partition coefficient (Wildman–Crippen LogP) is 8.89. The van der Waals surface area contributed by atoms with E-state index in [1.807, 2.05) is 109 Å². The molecule has 2 saturated heterocycles. The van der Waals surface area contributed by atoms with Crippen molar-refractivity contribution in [2.45, 2.75) is 70.7 Å². The number of alkyl carbamates (subject to hydrolysis) is 1. The largest absolute Gasteiger partial charge is 0.445 e. The number of carbonyl (C=O) groups excluding carboxylic acids is 3. The van der Waals surface area contributed by atoms with E-state index in [1.165, 1.54) is 16.0 Å². The normalized spacial score (nSPS) is 20.0. The SMILES string of the molecule is C[C@@H]1[C@H](CN(Cc2ccccc2)Cc2ccccc2)O[C@H](c2cccc(-c3cccc(CN4C(=O)CC(NC(=O)OCc5ccccc5)C4=O)c3)c2)O[C@@H]1c1ccc(CO)cc1. The number of nitrogens with zero attached hydrogens (tertiary/aromatic N) is 2. The van der Waals surface area contributed by atoms with E-state index in [1.54, 1.807) is 0 Å². The van der Waals surface area contributed by atoms with Gasteiger partial charge in [-0.15, -0.1) is 0 Å². The van der Waals surface area contributed by atoms with Gasteiger partial charge in [0.2, 0.25) is 5.91 Å². The minimum absolute atomic E-state index is 0.00845. The topological polar surface area (TPSA) is 118 Å². The van der Waals surface area contributed by atoms with Crippen LogP contribution in [0.1, 0.15) is 64.7 Å². The van der Waals surface area contributed by atoms with Gasteiger partial charge in [0, 0.05) is 31.1 Å². The van der Waals surface area contributed by atoms with Gasteiger partial charge >= 0.3 is 6.09 Å². The summed E-state index contributed by atoms with van der Waals surface area (Å²) in [6.07, 6.45) is -2.05. The number of hydrogen-bond acceptors (Lipinski definition) is 8. The van der Waals surface area contributed by atoms with Gasteiger partial charge in [-0.3, -0.25) is 19.4 Å². The summed E-state index contributed by atoms with van der Waals surface area (Å²) in [6.45, 7) is 4.44. The third-order valence-corrected chi connectivity index (χ3v) is 11.6. The number of imide groups is 1. The number of rotatable bonds is 15. The Balaban J connectivity index is 0.998. The lowest BCUT2D eigenvalue weighted by Crippen LogP contribution is -2.44. The lowest BCUT2D eigenvalue weighted by atomic mass is 9.89. The number of likely N-dealkylation sites (tertiary alicyclic amines) is 1. The fourth-order valence-corrected chi connectivity index (χ4v) is 8.22. The van der Waals surface area contributed by atoms with Crippen LogP contribution in [0.4, 0.5) is 4.79 Å². The van der Waals surface area contributed by atoms with Crippen molar-refractivity contribution in [1.82, 2.24) is 15.1 Å². The van der Waals surface area contributed by atoms with Crippen LogP contribution in [0.15, 0.2) is 164 Å². The van der Waals surface area contributed by atoms with Crippen molar-refractivity contribution < 1.29 is 33.7 Å². The summed E-state index contributed by atoms with van der Waals surface area (Å²) in [7, 11) is 0. The first-order chi connectivity index (χ1) is 30.3. The maximum absolute atomic E-state index is 13.4. The molecule has 3 amide bonds. The summed E-state index contributed by atoms with van der Waals surface area (Å²) in [4.78, 5) is 42.6. The van der Waals surface area contributed by atoms with Crippen molar-refractivity contribution in [3.05, 3.63) is 203 Å². The molecule has 2 heterocycles. The standard InChI is InChI=1S/C52H51N3O7/c1-36-47(33-54(30-37-13-5-2-6-14-37)31-38-15-7-3-8-16-38)61-51(62-49(36)42-25-23-39(34-56)24-26-42)45-22-12-21-44(28-45)43-20-11-19-41(27-43)32-55-48(57)29-46(50(55)58)53-52(59)60-35-40-17-9-4-10-18-40/h2-28,36,46-47,49,51,56H,29-35H2,1H3,(H,53,59)/t36-,46?,47+,49+,51+/m1/s1. The fourth-order valence-electron chi connectivity index (χ4n) is 8.22. The quantitative estimate of drug-likeness (QED) is 0.0987. The summed E-state index contributed by atoms with van der Waals surface area (Å²) in [5.74, 6) is -0.843. The zero-order valence-corrected chi connectivity index (χ0v) is 34.7. The number of ether oxygens (including phenoxy) is 3. The Hall–Kier alpha value is -6.43. The van der Waals surface area contributed by atoms with E-state index in [-0.39, 0.29) is 50.2 Å². The first-order valence-corrected chi connectivity index (χ1v) is 21.1. The third-order valence-electron chi connectivity index (χ3n) is 11.6. The molecular formula is C52H51N3O7. The van der Waals surface area contributed by atoms with Gasteiger partial charge in [-0.25, -0.2) is 4.79 Å². The lowest BCUT2D eigenvalue weighted by Gasteiger charge is -2.43. The molecule has 0 saturated carbocycles. The van der Waals surface area contributed by atoms with Crippen LogP contribution in [-0.2, 0) is 56.6 Å². The second-order valence-electron chi connectivity index (χ2n) is 16.1. The summed E-state index contributed by atoms with van der Waals surface area (Å²) >= 11 is 0. The predicted molar refractivity (Wildman–Crippen MR) is 236 cm³/mol. The Morgan fingerprint density at radius 1 is 0.694 bits per heavy atom. The Bertz CT molecular complexity index is 2390. The number of aliphatic hydroxyl groups excluding tert-OH is 1. The third kappa shape index (κ3) is 10.5. The Labute approximate surface area is 362 Å². The maximum atomic E-state index is 13.4. The molecule has 316 valence electrons. The minimum Gasteiger partial charge on any atom is -0.445 e. The zero-order valence-electron chi connectivity index (χ0n) is 34.7. The zero-order chi connectivity index (χ0) is 42.8. The molecular weight excluding hydrogens is 779 g/mol. The second kappa shape index (κ2) is 20.0. The number of nitrogens with one attached hydrogen (secondary N) is 1. The van der Waals surface area contributed by atoms with Gasteiger partial charge in [-0.2, -0.15) is 0 Å². The van der Waals surface area contributed by atoms with Gasteiger partial charge in [-0.1, -0.05) is 159 Å². The molecule has 0 aliphatic carbocycles. The van der Waals surface area contributed by atoms with E-state index < -0.39 is 24.3 Å². The molecule has 62 heavy (non-hydrogen) atoms. The number of hydrogen-bond donors (Lipinski definition) is 2. The molecule has 0 spiro atoms. The van der Waals surface area contributed by atoms with Crippen LogP contribution in [0.25, 0.3) is 11.1 Å². The average molecular weight is 830 g/mol. The summed E-state index contributed by atoms with van der Waals surface area (Å²) in [5, 5.41) is 12.3. The molecule has 2 aliphatic rings. The molecule has 0 bridgehead atoms. The molecule has 2 fully saturated rings. The van der Waals surface area contributed by atoms with Gasteiger partial charge in [0.05, 0.1) is 31.8 Å². The number of aliphatic hydroxyl groups is 1. The number of carbonyl (C=O) groups is 3. The smallest absolute Gasteiger partial charge is 0.408 e. The summed E-state index contributed by atoms with van der Waals surface area (Å²) < 4.78 is 19.1. The van der Waals surface area contributed by atoms with Crippen molar-refractivity contribution in [3.63, 3.8) is 0 Å². The van der Waals surface area contributed by atoms with Gasteiger partial charge in [0.25, 0.3) is 5.91 Å². The van der Waals surface area contributed by atoms with E-state index in [2.05, 4.69) is 71.7 Å². The maximum Gasteiger partial charge on any atom is 0.408 e. The highest BCUT2D eigenvalue weighted by molar-refractivity contribution is 6.06. The van der Waals surface area contributed by atoms with Crippen molar-refractivity contribution in [1.29, 1.82) is 0 Å². The highest BCUT2D eigenvalue weighted by Crippen LogP contribution is 2.43. The molecule has 10 heteroatoms. The average Bonchev–Trinajstić information content (AvgIpc) is 3.57. The van der Waals surface area contributed by atoms with Crippen LogP contribution in [0.5, 0.6) is 0 Å². The Morgan fingerprint density at radius 2 is 1.29 bits per heavy atom. The molecule has 5 atom stereocenters. The van der Waals surface area contributed by atoms with E-state index in [9.17, 15) is 19.5 Å². The number of amides is 3. The highest BCUT2D eigenvalue weighted by atomic mass is 16.7. The Kier molecular flexibility index (Phi) is 13.6. The van der Waals surface area contributed by atoms with Gasteiger partial charge in [0.1, 0.15) is 12.6 Å². The highest BCUT2D eigenvalue weighted by Gasteiger charge is 2.41. The van der Waals surface area contributed by atoms with Crippen LogP contribution < -0.4 is 5.32 Å².